The minimum absolute atomic E-state index is 0.110. The molecule has 2 aromatic rings. The van der Waals surface area contributed by atoms with Crippen molar-refractivity contribution >= 4 is 5.97 Å². The van der Waals surface area contributed by atoms with E-state index in [-0.39, 0.29) is 24.1 Å². The molecule has 0 radical (unpaired) electrons. The molecule has 0 bridgehead atoms. The van der Waals surface area contributed by atoms with Crippen molar-refractivity contribution in [3.8, 4) is 5.69 Å². The maximum Gasteiger partial charge on any atom is 0.312 e. The molecule has 2 aliphatic heterocycles. The van der Waals surface area contributed by atoms with E-state index in [9.17, 15) is 4.79 Å². The molecule has 150 valence electrons. The molecule has 6 nitrogen and oxygen atoms in total. The molecule has 2 fully saturated rings. The monoisotopic (exact) mass is 384 g/mol. The van der Waals surface area contributed by atoms with Crippen LogP contribution >= 0.6 is 0 Å². The van der Waals surface area contributed by atoms with Crippen LogP contribution in [0, 0.1) is 18.8 Å². The maximum atomic E-state index is 12.9. The van der Waals surface area contributed by atoms with Gasteiger partial charge in [0.2, 0.25) is 0 Å². The molecule has 0 saturated carbocycles. The van der Waals surface area contributed by atoms with E-state index in [0.717, 1.165) is 43.0 Å². The SMILES string of the molecule is Cc1ccccc1-n1nccc1[C@@H]1OCC[C@H]1C(=O)OC(C)CC1CCOC1. The Labute approximate surface area is 165 Å². The summed E-state index contributed by atoms with van der Waals surface area (Å²) < 4.78 is 19.1. The topological polar surface area (TPSA) is 62.6 Å². The standard InChI is InChI=1S/C22H28N2O4/c1-15-5-3-4-6-19(15)24-20(7-10-23-24)21-18(9-12-27-21)22(25)28-16(2)13-17-8-11-26-14-17/h3-7,10,16-18,21H,8-9,11-14H2,1-2H3/t16?,17?,18-,21-/m1/s1. The predicted molar refractivity (Wildman–Crippen MR) is 104 cm³/mol. The largest absolute Gasteiger partial charge is 0.462 e. The van der Waals surface area contributed by atoms with Gasteiger partial charge >= 0.3 is 5.97 Å². The number of rotatable bonds is 6. The molecule has 2 aliphatic rings. The third kappa shape index (κ3) is 3.98. The van der Waals surface area contributed by atoms with Crippen LogP contribution in [-0.2, 0) is 19.0 Å². The van der Waals surface area contributed by atoms with Gasteiger partial charge in [-0.25, -0.2) is 4.68 Å². The highest BCUT2D eigenvalue weighted by Crippen LogP contribution is 2.37. The molecule has 4 atom stereocenters. The molecule has 0 amide bonds. The fourth-order valence-electron chi connectivity index (χ4n) is 4.23. The van der Waals surface area contributed by atoms with Gasteiger partial charge in [-0.1, -0.05) is 18.2 Å². The highest BCUT2D eigenvalue weighted by atomic mass is 16.6. The molecule has 0 aliphatic carbocycles. The van der Waals surface area contributed by atoms with E-state index in [1.54, 1.807) is 6.20 Å². The molecule has 0 N–H and O–H groups in total. The molecule has 4 rings (SSSR count). The fraction of sp³-hybridized carbons (Fsp3) is 0.545. The molecular weight excluding hydrogens is 356 g/mol. The summed E-state index contributed by atoms with van der Waals surface area (Å²) in [7, 11) is 0. The summed E-state index contributed by atoms with van der Waals surface area (Å²) in [5.74, 6) is 0.00843. The van der Waals surface area contributed by atoms with Gasteiger partial charge in [0.15, 0.2) is 0 Å². The Hall–Kier alpha value is -2.18. The summed E-state index contributed by atoms with van der Waals surface area (Å²) in [5, 5.41) is 4.49. The normalized spacial score (nSPS) is 25.7. The Morgan fingerprint density at radius 1 is 1.29 bits per heavy atom. The van der Waals surface area contributed by atoms with Crippen molar-refractivity contribution in [2.24, 2.45) is 11.8 Å². The number of nitrogens with zero attached hydrogens (tertiary/aromatic N) is 2. The van der Waals surface area contributed by atoms with E-state index >= 15 is 0 Å². The van der Waals surface area contributed by atoms with Gasteiger partial charge in [0, 0.05) is 26.0 Å². The van der Waals surface area contributed by atoms with Crippen LogP contribution in [0.1, 0.15) is 43.5 Å². The van der Waals surface area contributed by atoms with E-state index in [0.29, 0.717) is 18.9 Å². The Kier molecular flexibility index (Phi) is 5.78. The average molecular weight is 384 g/mol. The Morgan fingerprint density at radius 3 is 2.93 bits per heavy atom. The third-order valence-electron chi connectivity index (χ3n) is 5.71. The summed E-state index contributed by atoms with van der Waals surface area (Å²) >= 11 is 0. The van der Waals surface area contributed by atoms with Crippen molar-refractivity contribution in [3.05, 3.63) is 47.8 Å². The van der Waals surface area contributed by atoms with Crippen LogP contribution in [0.5, 0.6) is 0 Å². The van der Waals surface area contributed by atoms with Crippen LogP contribution < -0.4 is 0 Å². The smallest absolute Gasteiger partial charge is 0.312 e. The van der Waals surface area contributed by atoms with Gasteiger partial charge in [-0.3, -0.25) is 4.79 Å². The van der Waals surface area contributed by atoms with Gasteiger partial charge in [-0.2, -0.15) is 5.10 Å². The lowest BCUT2D eigenvalue weighted by Crippen LogP contribution is -2.27. The first-order valence-corrected chi connectivity index (χ1v) is 10.1. The van der Waals surface area contributed by atoms with Crippen LogP contribution in [0.4, 0.5) is 0 Å². The number of aromatic nitrogens is 2. The van der Waals surface area contributed by atoms with E-state index in [1.807, 2.05) is 35.9 Å². The Bertz CT molecular complexity index is 812. The lowest BCUT2D eigenvalue weighted by Gasteiger charge is -2.22. The van der Waals surface area contributed by atoms with Gasteiger partial charge in [0.1, 0.15) is 6.10 Å². The molecule has 28 heavy (non-hydrogen) atoms. The summed E-state index contributed by atoms with van der Waals surface area (Å²) in [6, 6.07) is 10.0. The molecule has 2 saturated heterocycles. The number of carbonyl (C=O) groups excluding carboxylic acids is 1. The van der Waals surface area contributed by atoms with Gasteiger partial charge in [-0.15, -0.1) is 0 Å². The number of para-hydroxylation sites is 1. The second kappa shape index (κ2) is 8.45. The van der Waals surface area contributed by atoms with Crippen molar-refractivity contribution in [1.29, 1.82) is 0 Å². The molecule has 3 heterocycles. The van der Waals surface area contributed by atoms with Crippen molar-refractivity contribution in [1.82, 2.24) is 9.78 Å². The highest BCUT2D eigenvalue weighted by Gasteiger charge is 2.39. The summed E-state index contributed by atoms with van der Waals surface area (Å²) in [4.78, 5) is 12.9. The first-order chi connectivity index (χ1) is 13.6. The van der Waals surface area contributed by atoms with Crippen LogP contribution in [0.15, 0.2) is 36.5 Å². The zero-order valence-corrected chi connectivity index (χ0v) is 16.5. The summed E-state index contributed by atoms with van der Waals surface area (Å²) in [5.41, 5.74) is 3.02. The minimum Gasteiger partial charge on any atom is -0.462 e. The quantitative estimate of drug-likeness (QED) is 0.712. The first kappa shape index (κ1) is 19.2. The van der Waals surface area contributed by atoms with Crippen molar-refractivity contribution in [2.75, 3.05) is 19.8 Å². The maximum absolute atomic E-state index is 12.9. The number of benzene rings is 1. The second-order valence-electron chi connectivity index (χ2n) is 7.85. The lowest BCUT2D eigenvalue weighted by molar-refractivity contribution is -0.156. The molecule has 6 heteroatoms. The zero-order chi connectivity index (χ0) is 19.5. The molecule has 1 aromatic carbocycles. The van der Waals surface area contributed by atoms with Crippen molar-refractivity contribution in [2.45, 2.75) is 45.3 Å². The van der Waals surface area contributed by atoms with Gasteiger partial charge in [-0.05, 0) is 56.7 Å². The van der Waals surface area contributed by atoms with Crippen LogP contribution in [-0.4, -0.2) is 41.7 Å². The number of hydrogen-bond donors (Lipinski definition) is 0. The average Bonchev–Trinajstić information content (AvgIpc) is 3.42. The Balaban J connectivity index is 1.47. The van der Waals surface area contributed by atoms with Crippen molar-refractivity contribution < 1.29 is 19.0 Å². The van der Waals surface area contributed by atoms with Gasteiger partial charge in [0.25, 0.3) is 0 Å². The van der Waals surface area contributed by atoms with Crippen LogP contribution in [0.2, 0.25) is 0 Å². The number of hydrogen-bond acceptors (Lipinski definition) is 5. The molecular formula is C22H28N2O4. The fourth-order valence-corrected chi connectivity index (χ4v) is 4.23. The number of ether oxygens (including phenoxy) is 3. The minimum atomic E-state index is -0.336. The summed E-state index contributed by atoms with van der Waals surface area (Å²) in [6.07, 6.45) is 3.88. The number of carbonyl (C=O) groups is 1. The summed E-state index contributed by atoms with van der Waals surface area (Å²) in [6.45, 7) is 6.16. The predicted octanol–water partition coefficient (Wildman–Crippen LogP) is 3.62. The first-order valence-electron chi connectivity index (χ1n) is 10.1. The van der Waals surface area contributed by atoms with E-state index in [4.69, 9.17) is 14.2 Å². The van der Waals surface area contributed by atoms with Crippen LogP contribution in [0.25, 0.3) is 5.69 Å². The van der Waals surface area contributed by atoms with Gasteiger partial charge in [0.05, 0.1) is 23.4 Å². The van der Waals surface area contributed by atoms with Crippen LogP contribution in [0.3, 0.4) is 0 Å². The zero-order valence-electron chi connectivity index (χ0n) is 16.5. The lowest BCUT2D eigenvalue weighted by atomic mass is 9.98. The van der Waals surface area contributed by atoms with E-state index < -0.39 is 0 Å². The van der Waals surface area contributed by atoms with Gasteiger partial charge < -0.3 is 14.2 Å². The number of esters is 1. The molecule has 1 aromatic heterocycles. The highest BCUT2D eigenvalue weighted by molar-refractivity contribution is 5.74. The van der Waals surface area contributed by atoms with E-state index in [2.05, 4.69) is 18.1 Å². The molecule has 0 spiro atoms. The van der Waals surface area contributed by atoms with Crippen molar-refractivity contribution in [3.63, 3.8) is 0 Å². The van der Waals surface area contributed by atoms with E-state index in [1.165, 1.54) is 0 Å². The number of aryl methyl sites for hydroxylation is 1. The second-order valence-corrected chi connectivity index (χ2v) is 7.85. The molecule has 2 unspecified atom stereocenters. The Morgan fingerprint density at radius 2 is 2.14 bits per heavy atom. The third-order valence-corrected chi connectivity index (χ3v) is 5.71.